The van der Waals surface area contributed by atoms with E-state index in [0.717, 1.165) is 6.20 Å². The molecule has 10 heteroatoms. The van der Waals surface area contributed by atoms with Crippen molar-refractivity contribution in [3.05, 3.63) is 58.0 Å². The van der Waals surface area contributed by atoms with Crippen molar-refractivity contribution in [3.63, 3.8) is 0 Å². The molecule has 3 rings (SSSR count). The number of rotatable bonds is 4. The Morgan fingerprint density at radius 1 is 1.30 bits per heavy atom. The number of hydrogen-bond donors (Lipinski definition) is 2. The minimum atomic E-state index is -0.644. The highest BCUT2D eigenvalue weighted by atomic mass is 35.5. The van der Waals surface area contributed by atoms with Crippen LogP contribution in [0.5, 0.6) is 0 Å². The molecule has 0 fully saturated rings. The molecule has 0 radical (unpaired) electrons. The standard InChI is InChI=1S/C13H10ClN7O2/c14-9-3-1-2-4-10(9)20-7-8(5-17-20)18-13-16-6-11(21(22)23)12(15)19-13/h1-7H,(H3,15,16,18,19). The van der Waals surface area contributed by atoms with Crippen LogP contribution in [0.2, 0.25) is 5.02 Å². The molecular weight excluding hydrogens is 322 g/mol. The number of halogens is 1. The van der Waals surface area contributed by atoms with Crippen LogP contribution in [0.15, 0.2) is 42.9 Å². The predicted octanol–water partition coefficient (Wildman–Crippen LogP) is 2.55. The molecule has 0 bridgehead atoms. The average Bonchev–Trinajstić information content (AvgIpc) is 2.95. The smallest absolute Gasteiger partial charge is 0.329 e. The van der Waals surface area contributed by atoms with Gasteiger partial charge in [0.25, 0.3) is 0 Å². The van der Waals surface area contributed by atoms with Crippen LogP contribution >= 0.6 is 11.6 Å². The Morgan fingerprint density at radius 3 is 2.78 bits per heavy atom. The van der Waals surface area contributed by atoms with Crippen LogP contribution in [0, 0.1) is 10.1 Å². The van der Waals surface area contributed by atoms with Gasteiger partial charge in [-0.2, -0.15) is 10.1 Å². The zero-order valence-electron chi connectivity index (χ0n) is 11.5. The molecule has 0 aliphatic rings. The highest BCUT2D eigenvalue weighted by molar-refractivity contribution is 6.32. The lowest BCUT2D eigenvalue weighted by Crippen LogP contribution is -2.03. The minimum absolute atomic E-state index is 0.131. The van der Waals surface area contributed by atoms with Crippen LogP contribution in [0.1, 0.15) is 0 Å². The molecule has 3 N–H and O–H groups in total. The SMILES string of the molecule is Nc1nc(Nc2cnn(-c3ccccc3Cl)c2)ncc1[N+](=O)[O-]. The lowest BCUT2D eigenvalue weighted by atomic mass is 10.3. The number of benzene rings is 1. The van der Waals surface area contributed by atoms with E-state index in [-0.39, 0.29) is 17.5 Å². The van der Waals surface area contributed by atoms with Crippen molar-refractivity contribution >= 4 is 34.7 Å². The summed E-state index contributed by atoms with van der Waals surface area (Å²) in [6.45, 7) is 0. The third kappa shape index (κ3) is 3.04. The average molecular weight is 332 g/mol. The normalized spacial score (nSPS) is 10.5. The second-order valence-corrected chi connectivity index (χ2v) is 4.88. The van der Waals surface area contributed by atoms with Crippen LogP contribution in [0.4, 0.5) is 23.1 Å². The number of aromatic nitrogens is 4. The van der Waals surface area contributed by atoms with Crippen molar-refractivity contribution in [1.29, 1.82) is 0 Å². The van der Waals surface area contributed by atoms with Crippen molar-refractivity contribution in [2.45, 2.75) is 0 Å². The molecule has 3 aromatic rings. The molecule has 0 atom stereocenters. The Bertz CT molecular complexity index is 880. The Balaban J connectivity index is 1.84. The minimum Gasteiger partial charge on any atom is -0.378 e. The number of hydrogen-bond acceptors (Lipinski definition) is 7. The second-order valence-electron chi connectivity index (χ2n) is 4.47. The number of nitrogens with two attached hydrogens (primary N) is 1. The highest BCUT2D eigenvalue weighted by Crippen LogP contribution is 2.23. The van der Waals surface area contributed by atoms with E-state index in [1.807, 2.05) is 18.2 Å². The van der Waals surface area contributed by atoms with Crippen LogP contribution < -0.4 is 11.1 Å². The third-order valence-electron chi connectivity index (χ3n) is 2.93. The summed E-state index contributed by atoms with van der Waals surface area (Å²) in [4.78, 5) is 17.7. The van der Waals surface area contributed by atoms with Gasteiger partial charge in [-0.3, -0.25) is 10.1 Å². The summed E-state index contributed by atoms with van der Waals surface area (Å²) in [5.74, 6) is -0.0854. The maximum Gasteiger partial charge on any atom is 0.329 e. The largest absolute Gasteiger partial charge is 0.378 e. The van der Waals surface area contributed by atoms with E-state index in [9.17, 15) is 10.1 Å². The van der Waals surface area contributed by atoms with Crippen LogP contribution in [-0.2, 0) is 0 Å². The van der Waals surface area contributed by atoms with Gasteiger partial charge >= 0.3 is 5.69 Å². The fourth-order valence-electron chi connectivity index (χ4n) is 1.88. The molecule has 2 aromatic heterocycles. The Morgan fingerprint density at radius 2 is 2.09 bits per heavy atom. The number of para-hydroxylation sites is 1. The van der Waals surface area contributed by atoms with Crippen molar-refractivity contribution < 1.29 is 4.92 Å². The first-order chi connectivity index (χ1) is 11.0. The van der Waals surface area contributed by atoms with Gasteiger partial charge < -0.3 is 11.1 Å². The highest BCUT2D eigenvalue weighted by Gasteiger charge is 2.14. The molecule has 2 heterocycles. The van der Waals surface area contributed by atoms with Crippen LogP contribution in [0.25, 0.3) is 5.69 Å². The van der Waals surface area contributed by atoms with E-state index in [1.54, 1.807) is 23.1 Å². The van der Waals surface area contributed by atoms with Crippen LogP contribution in [-0.4, -0.2) is 24.7 Å². The van der Waals surface area contributed by atoms with Gasteiger partial charge in [-0.25, -0.2) is 9.67 Å². The lowest BCUT2D eigenvalue weighted by molar-refractivity contribution is -0.384. The maximum atomic E-state index is 10.7. The topological polar surface area (TPSA) is 125 Å². The Labute approximate surface area is 134 Å². The van der Waals surface area contributed by atoms with E-state index < -0.39 is 4.92 Å². The van der Waals surface area contributed by atoms with E-state index >= 15 is 0 Å². The summed E-state index contributed by atoms with van der Waals surface area (Å²) in [6, 6.07) is 7.24. The number of nitro groups is 1. The first-order valence-corrected chi connectivity index (χ1v) is 6.76. The molecule has 0 amide bonds. The molecule has 0 unspecified atom stereocenters. The zero-order valence-corrected chi connectivity index (χ0v) is 12.3. The number of nitrogen functional groups attached to an aromatic ring is 1. The van der Waals surface area contributed by atoms with Gasteiger partial charge in [0.05, 0.1) is 33.7 Å². The van der Waals surface area contributed by atoms with Gasteiger partial charge in [0, 0.05) is 0 Å². The molecule has 0 aliphatic carbocycles. The molecule has 0 saturated carbocycles. The van der Waals surface area contributed by atoms with Gasteiger partial charge in [-0.1, -0.05) is 23.7 Å². The van der Waals surface area contributed by atoms with E-state index in [1.165, 1.54) is 0 Å². The van der Waals surface area contributed by atoms with Gasteiger partial charge in [-0.15, -0.1) is 0 Å². The Hall–Kier alpha value is -3.20. The maximum absolute atomic E-state index is 10.7. The predicted molar refractivity (Wildman–Crippen MR) is 85.0 cm³/mol. The summed E-state index contributed by atoms with van der Waals surface area (Å²) in [5.41, 5.74) is 6.47. The quantitative estimate of drug-likeness (QED) is 0.555. The van der Waals surface area contributed by atoms with Crippen LogP contribution in [0.3, 0.4) is 0 Å². The monoisotopic (exact) mass is 331 g/mol. The molecule has 0 saturated heterocycles. The fourth-order valence-corrected chi connectivity index (χ4v) is 2.10. The summed E-state index contributed by atoms with van der Waals surface area (Å²) in [7, 11) is 0. The molecule has 0 spiro atoms. The van der Waals surface area contributed by atoms with Gasteiger partial charge in [-0.05, 0) is 12.1 Å². The molecule has 0 aliphatic heterocycles. The third-order valence-corrected chi connectivity index (χ3v) is 3.25. The molecule has 9 nitrogen and oxygen atoms in total. The van der Waals surface area contributed by atoms with Crippen molar-refractivity contribution in [3.8, 4) is 5.69 Å². The van der Waals surface area contributed by atoms with Crippen molar-refractivity contribution in [1.82, 2.24) is 19.7 Å². The van der Waals surface area contributed by atoms with Crippen molar-refractivity contribution in [2.24, 2.45) is 0 Å². The van der Waals surface area contributed by atoms with Gasteiger partial charge in [0.1, 0.15) is 6.20 Å². The summed E-state index contributed by atoms with van der Waals surface area (Å²) < 4.78 is 1.58. The number of nitrogens with one attached hydrogen (secondary N) is 1. The lowest BCUT2D eigenvalue weighted by Gasteiger charge is -2.04. The van der Waals surface area contributed by atoms with E-state index in [4.69, 9.17) is 17.3 Å². The zero-order chi connectivity index (χ0) is 16.4. The molecule has 1 aromatic carbocycles. The second kappa shape index (κ2) is 5.89. The van der Waals surface area contributed by atoms with E-state index in [2.05, 4.69) is 20.4 Å². The van der Waals surface area contributed by atoms with Gasteiger partial charge in [0.2, 0.25) is 11.8 Å². The van der Waals surface area contributed by atoms with E-state index in [0.29, 0.717) is 16.4 Å². The fraction of sp³-hybridized carbons (Fsp3) is 0. The first kappa shape index (κ1) is 14.7. The first-order valence-electron chi connectivity index (χ1n) is 6.38. The molecule has 116 valence electrons. The number of anilines is 3. The molecule has 23 heavy (non-hydrogen) atoms. The number of nitrogens with zero attached hydrogens (tertiary/aromatic N) is 5. The summed E-state index contributed by atoms with van der Waals surface area (Å²) in [5, 5.41) is 18.3. The summed E-state index contributed by atoms with van der Waals surface area (Å²) >= 11 is 6.11. The Kier molecular flexibility index (Phi) is 3.77. The van der Waals surface area contributed by atoms with Crippen molar-refractivity contribution in [2.75, 3.05) is 11.1 Å². The molecular formula is C13H10ClN7O2. The summed E-state index contributed by atoms with van der Waals surface area (Å²) in [6.07, 6.45) is 4.27. The van der Waals surface area contributed by atoms with Gasteiger partial charge in [0.15, 0.2) is 0 Å².